The minimum absolute atomic E-state index is 0.147. The van der Waals surface area contributed by atoms with Crippen LogP contribution in [0.15, 0.2) is 51.9 Å². The fourth-order valence-corrected chi connectivity index (χ4v) is 5.85. The molecule has 0 aliphatic heterocycles. The third-order valence-electron chi connectivity index (χ3n) is 7.98. The van der Waals surface area contributed by atoms with Crippen molar-refractivity contribution in [2.75, 3.05) is 0 Å². The number of carbonyl (C=O) groups is 1. The largest absolute Gasteiger partial charge is 0.425 e. The molecule has 1 saturated carbocycles. The van der Waals surface area contributed by atoms with Crippen molar-refractivity contribution in [3.63, 3.8) is 0 Å². The molecule has 1 amide bonds. The number of hydrogen-bond acceptors (Lipinski definition) is 8. The van der Waals surface area contributed by atoms with Gasteiger partial charge in [-0.2, -0.15) is 0 Å². The zero-order valence-electron chi connectivity index (χ0n) is 23.1. The fraction of sp³-hybridized carbons (Fsp3) is 0.400. The van der Waals surface area contributed by atoms with E-state index in [1.165, 1.54) is 12.7 Å². The van der Waals surface area contributed by atoms with Crippen LogP contribution in [0.1, 0.15) is 102 Å². The lowest BCUT2D eigenvalue weighted by atomic mass is 9.85. The van der Waals surface area contributed by atoms with Gasteiger partial charge in [-0.15, -0.1) is 10.2 Å². The molecule has 0 spiro atoms. The molecule has 41 heavy (non-hydrogen) atoms. The van der Waals surface area contributed by atoms with Crippen LogP contribution in [0, 0.1) is 25.6 Å². The Morgan fingerprint density at radius 1 is 1.05 bits per heavy atom. The maximum atomic E-state index is 16.4. The van der Waals surface area contributed by atoms with Gasteiger partial charge in [0.1, 0.15) is 23.2 Å². The first-order valence-electron chi connectivity index (χ1n) is 14.1. The maximum Gasteiger partial charge on any atom is 0.257 e. The van der Waals surface area contributed by atoms with Gasteiger partial charge in [0.15, 0.2) is 5.82 Å². The number of carbonyl (C=O) groups excluding carboxylic acids is 1. The zero-order valence-corrected chi connectivity index (χ0v) is 23.1. The lowest BCUT2D eigenvalue weighted by Gasteiger charge is -2.28. The summed E-state index contributed by atoms with van der Waals surface area (Å²) in [6.07, 6.45) is 12.2. The number of aromatic nitrogens is 6. The number of imidazole rings is 1. The second kappa shape index (κ2) is 11.6. The van der Waals surface area contributed by atoms with Gasteiger partial charge >= 0.3 is 0 Å². The second-order valence-electron chi connectivity index (χ2n) is 10.7. The van der Waals surface area contributed by atoms with Gasteiger partial charge in [0.05, 0.1) is 23.2 Å². The Morgan fingerprint density at radius 3 is 2.49 bits per heavy atom. The van der Waals surface area contributed by atoms with Crippen molar-refractivity contribution in [1.29, 1.82) is 0 Å². The first-order chi connectivity index (χ1) is 20.0. The molecule has 0 radical (unpaired) electrons. The molecule has 2 unspecified atom stereocenters. The molecule has 1 fully saturated rings. The molecule has 1 aliphatic carbocycles. The minimum atomic E-state index is -0.638. The van der Waals surface area contributed by atoms with Crippen molar-refractivity contribution >= 4 is 16.9 Å². The van der Waals surface area contributed by atoms with E-state index >= 15 is 4.39 Å². The molecular weight excluding hydrogens is 525 g/mol. The maximum absolute atomic E-state index is 16.4. The standard InChI is InChI=1S/C30H32FN7O3/c1-17-22(16-40-38-17)29(39)35-26(20-8-6-4-3-5-7-9-20)28-33-23-11-10-21(25(31)27(23)34-28)24(19-12-14-32-15-13-19)30-37-36-18(2)41-30/h10-16,20,24,26H,3-9H2,1-2H3,(H,33,34)(H,35,39). The molecule has 4 aromatic heterocycles. The van der Waals surface area contributed by atoms with Gasteiger partial charge in [-0.25, -0.2) is 9.37 Å². The molecular formula is C30H32FN7O3. The minimum Gasteiger partial charge on any atom is -0.425 e. The van der Waals surface area contributed by atoms with E-state index in [2.05, 4.69) is 30.6 Å². The molecule has 4 heterocycles. The first kappa shape index (κ1) is 26.8. The molecule has 5 aromatic rings. The van der Waals surface area contributed by atoms with E-state index in [0.717, 1.165) is 44.1 Å². The number of aromatic amines is 1. The highest BCUT2D eigenvalue weighted by molar-refractivity contribution is 5.95. The number of benzene rings is 1. The van der Waals surface area contributed by atoms with E-state index in [9.17, 15) is 4.79 Å². The number of halogens is 1. The zero-order chi connectivity index (χ0) is 28.3. The van der Waals surface area contributed by atoms with Crippen LogP contribution in [0.5, 0.6) is 0 Å². The monoisotopic (exact) mass is 557 g/mol. The van der Waals surface area contributed by atoms with Crippen LogP contribution in [0.4, 0.5) is 4.39 Å². The smallest absolute Gasteiger partial charge is 0.257 e. The summed E-state index contributed by atoms with van der Waals surface area (Å²) in [6, 6.07) is 6.70. The van der Waals surface area contributed by atoms with Crippen molar-refractivity contribution in [1.82, 2.24) is 35.6 Å². The van der Waals surface area contributed by atoms with Gasteiger partial charge in [0.2, 0.25) is 11.8 Å². The van der Waals surface area contributed by atoms with Crippen molar-refractivity contribution in [2.45, 2.75) is 70.8 Å². The van der Waals surface area contributed by atoms with E-state index in [0.29, 0.717) is 34.1 Å². The number of hydrogen-bond donors (Lipinski definition) is 2. The van der Waals surface area contributed by atoms with Crippen LogP contribution in [-0.4, -0.2) is 36.2 Å². The van der Waals surface area contributed by atoms with Crippen LogP contribution >= 0.6 is 0 Å². The summed E-state index contributed by atoms with van der Waals surface area (Å²) < 4.78 is 27.1. The number of amides is 1. The molecule has 212 valence electrons. The van der Waals surface area contributed by atoms with Crippen molar-refractivity contribution in [2.24, 2.45) is 5.92 Å². The summed E-state index contributed by atoms with van der Waals surface area (Å²) in [5.41, 5.74) is 2.75. The first-order valence-corrected chi connectivity index (χ1v) is 14.1. The highest BCUT2D eigenvalue weighted by Crippen LogP contribution is 2.37. The lowest BCUT2D eigenvalue weighted by Crippen LogP contribution is -2.35. The Balaban J connectivity index is 1.41. The molecule has 0 bridgehead atoms. The normalized spacial score (nSPS) is 16.3. The van der Waals surface area contributed by atoms with Gasteiger partial charge in [-0.1, -0.05) is 43.3 Å². The van der Waals surface area contributed by atoms with Gasteiger partial charge in [0.25, 0.3) is 5.91 Å². The van der Waals surface area contributed by atoms with Crippen LogP contribution < -0.4 is 5.32 Å². The van der Waals surface area contributed by atoms with Crippen LogP contribution in [-0.2, 0) is 0 Å². The molecule has 6 rings (SSSR count). The molecule has 1 aromatic carbocycles. The summed E-state index contributed by atoms with van der Waals surface area (Å²) in [7, 11) is 0. The van der Waals surface area contributed by atoms with E-state index in [4.69, 9.17) is 13.9 Å². The Hall–Kier alpha value is -4.41. The Bertz CT molecular complexity index is 1640. The number of aryl methyl sites for hydroxylation is 2. The summed E-state index contributed by atoms with van der Waals surface area (Å²) in [5.74, 6) is -0.0647. The predicted molar refractivity (Wildman–Crippen MR) is 148 cm³/mol. The number of fused-ring (bicyclic) bond motifs is 1. The van der Waals surface area contributed by atoms with Crippen LogP contribution in [0.3, 0.4) is 0 Å². The topological polar surface area (TPSA) is 136 Å². The highest BCUT2D eigenvalue weighted by Gasteiger charge is 2.31. The predicted octanol–water partition coefficient (Wildman–Crippen LogP) is 6.10. The van der Waals surface area contributed by atoms with E-state index in [-0.39, 0.29) is 23.2 Å². The molecule has 2 atom stereocenters. The average molecular weight is 558 g/mol. The van der Waals surface area contributed by atoms with Gasteiger partial charge in [-0.05, 0) is 49.4 Å². The number of H-pyrrole nitrogens is 1. The number of nitrogens with zero attached hydrogens (tertiary/aromatic N) is 5. The molecule has 0 saturated heterocycles. The molecule has 10 nitrogen and oxygen atoms in total. The third kappa shape index (κ3) is 5.48. The van der Waals surface area contributed by atoms with Gasteiger partial charge < -0.3 is 19.2 Å². The van der Waals surface area contributed by atoms with Gasteiger partial charge in [-0.3, -0.25) is 9.78 Å². The highest BCUT2D eigenvalue weighted by atomic mass is 19.1. The van der Waals surface area contributed by atoms with E-state index < -0.39 is 17.8 Å². The average Bonchev–Trinajstić information content (AvgIpc) is 3.70. The number of rotatable bonds is 7. The Labute approximate surface area is 236 Å². The summed E-state index contributed by atoms with van der Waals surface area (Å²) >= 11 is 0. The van der Waals surface area contributed by atoms with Crippen molar-refractivity contribution < 1.29 is 18.1 Å². The SMILES string of the molecule is Cc1nnc(C(c2ccncc2)c2ccc3[nH]c(C(NC(=O)c4conc4C)C4CCCCCCC4)nc3c2F)o1. The third-order valence-corrected chi connectivity index (χ3v) is 7.98. The molecule has 2 N–H and O–H groups in total. The number of nitrogens with one attached hydrogen (secondary N) is 2. The quantitative estimate of drug-likeness (QED) is 0.245. The number of pyridine rings is 1. The van der Waals surface area contributed by atoms with Crippen molar-refractivity contribution in [3.05, 3.63) is 88.7 Å². The Kier molecular flexibility index (Phi) is 7.58. The fourth-order valence-electron chi connectivity index (χ4n) is 5.85. The lowest BCUT2D eigenvalue weighted by molar-refractivity contribution is 0.0911. The van der Waals surface area contributed by atoms with E-state index in [1.807, 2.05) is 6.07 Å². The summed E-state index contributed by atoms with van der Waals surface area (Å²) in [4.78, 5) is 25.5. The van der Waals surface area contributed by atoms with Crippen LogP contribution in [0.2, 0.25) is 0 Å². The van der Waals surface area contributed by atoms with Crippen LogP contribution in [0.25, 0.3) is 11.0 Å². The summed E-state index contributed by atoms with van der Waals surface area (Å²) in [6.45, 7) is 3.43. The molecule has 1 aliphatic rings. The van der Waals surface area contributed by atoms with Crippen molar-refractivity contribution in [3.8, 4) is 0 Å². The van der Waals surface area contributed by atoms with Gasteiger partial charge in [0, 0.05) is 24.9 Å². The summed E-state index contributed by atoms with van der Waals surface area (Å²) in [5, 5.41) is 15.2. The second-order valence-corrected chi connectivity index (χ2v) is 10.7. The van der Waals surface area contributed by atoms with E-state index in [1.54, 1.807) is 44.4 Å². The molecule has 11 heteroatoms. The Morgan fingerprint density at radius 2 is 1.80 bits per heavy atom.